The fourth-order valence-corrected chi connectivity index (χ4v) is 1.74. The van der Waals surface area contributed by atoms with Gasteiger partial charge in [0.15, 0.2) is 0 Å². The fourth-order valence-electron chi connectivity index (χ4n) is 1.37. The normalized spacial score (nSPS) is 22.5. The summed E-state index contributed by atoms with van der Waals surface area (Å²) in [7, 11) is 1.44. The Morgan fingerprint density at radius 3 is 2.45 bits per heavy atom. The second kappa shape index (κ2) is 3.48. The molecule has 64 valence electrons. The van der Waals surface area contributed by atoms with Crippen molar-refractivity contribution < 1.29 is 9.53 Å². The van der Waals surface area contributed by atoms with E-state index in [0.717, 1.165) is 12.8 Å². The fraction of sp³-hybridized carbons (Fsp3) is 0.875. The number of hydrogen-bond donors (Lipinski definition) is 1. The molecule has 1 aliphatic carbocycles. The smallest absolute Gasteiger partial charge is 0.310 e. The van der Waals surface area contributed by atoms with Crippen molar-refractivity contribution in [2.24, 2.45) is 11.8 Å². The monoisotopic (exact) mass is 174 g/mol. The van der Waals surface area contributed by atoms with Crippen LogP contribution in [0.3, 0.4) is 0 Å². The molecule has 2 atom stereocenters. The third kappa shape index (κ3) is 2.12. The summed E-state index contributed by atoms with van der Waals surface area (Å²) in [5.41, 5.74) is 0. The van der Waals surface area contributed by atoms with Crippen molar-refractivity contribution in [1.29, 1.82) is 0 Å². The molecule has 0 spiro atoms. The van der Waals surface area contributed by atoms with Crippen LogP contribution in [0.2, 0.25) is 0 Å². The number of rotatable bonds is 3. The van der Waals surface area contributed by atoms with Gasteiger partial charge in [0.25, 0.3) is 0 Å². The van der Waals surface area contributed by atoms with E-state index < -0.39 is 0 Å². The lowest BCUT2D eigenvalue weighted by Gasteiger charge is -2.16. The maximum absolute atomic E-state index is 11.2. The Morgan fingerprint density at radius 2 is 2.18 bits per heavy atom. The van der Waals surface area contributed by atoms with Crippen molar-refractivity contribution in [2.75, 3.05) is 7.11 Å². The Balaban J connectivity index is 2.51. The van der Waals surface area contributed by atoms with Crippen LogP contribution in [-0.2, 0) is 9.53 Å². The molecule has 0 saturated heterocycles. The molecule has 0 bridgehead atoms. The number of carbonyl (C=O) groups excluding carboxylic acids is 1. The van der Waals surface area contributed by atoms with Crippen LogP contribution in [0.5, 0.6) is 0 Å². The topological polar surface area (TPSA) is 26.3 Å². The van der Waals surface area contributed by atoms with Gasteiger partial charge in [-0.05, 0) is 18.8 Å². The first-order valence-electron chi connectivity index (χ1n) is 3.92. The molecule has 1 saturated carbocycles. The SMILES string of the molecule is COC(=O)C(C(C)S)C1CC1. The molecule has 1 fully saturated rings. The van der Waals surface area contributed by atoms with Gasteiger partial charge in [0.2, 0.25) is 0 Å². The molecule has 0 N–H and O–H groups in total. The van der Waals surface area contributed by atoms with E-state index in [1.165, 1.54) is 7.11 Å². The molecule has 0 aromatic rings. The van der Waals surface area contributed by atoms with Crippen LogP contribution >= 0.6 is 12.6 Å². The van der Waals surface area contributed by atoms with Crippen LogP contribution in [0.15, 0.2) is 0 Å². The highest BCUT2D eigenvalue weighted by atomic mass is 32.1. The third-order valence-electron chi connectivity index (χ3n) is 2.12. The Hall–Kier alpha value is -0.180. The van der Waals surface area contributed by atoms with Gasteiger partial charge in [0.1, 0.15) is 0 Å². The highest BCUT2D eigenvalue weighted by molar-refractivity contribution is 7.81. The Bertz CT molecular complexity index is 150. The number of methoxy groups -OCH3 is 1. The predicted molar refractivity (Wildman–Crippen MR) is 46.7 cm³/mol. The number of ether oxygens (including phenoxy) is 1. The van der Waals surface area contributed by atoms with Gasteiger partial charge in [-0.2, -0.15) is 12.6 Å². The summed E-state index contributed by atoms with van der Waals surface area (Å²) >= 11 is 4.26. The number of carbonyl (C=O) groups is 1. The summed E-state index contributed by atoms with van der Waals surface area (Å²) in [4.78, 5) is 11.2. The van der Waals surface area contributed by atoms with Crippen LogP contribution < -0.4 is 0 Å². The van der Waals surface area contributed by atoms with Crippen molar-refractivity contribution in [2.45, 2.75) is 25.0 Å². The first-order valence-corrected chi connectivity index (χ1v) is 4.44. The van der Waals surface area contributed by atoms with Gasteiger partial charge in [0.05, 0.1) is 13.0 Å². The summed E-state index contributed by atoms with van der Waals surface area (Å²) < 4.78 is 4.69. The summed E-state index contributed by atoms with van der Waals surface area (Å²) in [5, 5.41) is 0.120. The van der Waals surface area contributed by atoms with Gasteiger partial charge < -0.3 is 4.74 Å². The van der Waals surface area contributed by atoms with E-state index in [0.29, 0.717) is 5.92 Å². The maximum atomic E-state index is 11.2. The van der Waals surface area contributed by atoms with E-state index in [9.17, 15) is 4.79 Å². The number of thiol groups is 1. The quantitative estimate of drug-likeness (QED) is 0.518. The van der Waals surface area contributed by atoms with E-state index in [1.807, 2.05) is 6.92 Å². The highest BCUT2D eigenvalue weighted by Gasteiger charge is 2.39. The van der Waals surface area contributed by atoms with Gasteiger partial charge in [0, 0.05) is 5.25 Å². The van der Waals surface area contributed by atoms with Gasteiger partial charge in [-0.1, -0.05) is 6.92 Å². The average molecular weight is 174 g/mol. The van der Waals surface area contributed by atoms with E-state index in [1.54, 1.807) is 0 Å². The van der Waals surface area contributed by atoms with Crippen molar-refractivity contribution in [3.63, 3.8) is 0 Å². The van der Waals surface area contributed by atoms with Crippen LogP contribution in [0.25, 0.3) is 0 Å². The summed E-state index contributed by atoms with van der Waals surface area (Å²) in [5.74, 6) is 0.452. The van der Waals surface area contributed by atoms with E-state index in [2.05, 4.69) is 17.4 Å². The van der Waals surface area contributed by atoms with E-state index >= 15 is 0 Å². The first kappa shape index (κ1) is 8.91. The molecule has 0 radical (unpaired) electrons. The largest absolute Gasteiger partial charge is 0.469 e. The lowest BCUT2D eigenvalue weighted by atomic mass is 10.0. The zero-order valence-corrected chi connectivity index (χ0v) is 7.80. The van der Waals surface area contributed by atoms with Crippen LogP contribution in [0.4, 0.5) is 0 Å². The minimum atomic E-state index is -0.102. The lowest BCUT2D eigenvalue weighted by molar-refractivity contribution is -0.146. The van der Waals surface area contributed by atoms with Gasteiger partial charge >= 0.3 is 5.97 Å². The Kier molecular flexibility index (Phi) is 2.82. The minimum absolute atomic E-state index is 0.0170. The molecule has 1 rings (SSSR count). The molecule has 2 unspecified atom stereocenters. The van der Waals surface area contributed by atoms with Crippen molar-refractivity contribution in [3.05, 3.63) is 0 Å². The van der Waals surface area contributed by atoms with Gasteiger partial charge in [-0.3, -0.25) is 4.79 Å². The van der Waals surface area contributed by atoms with Gasteiger partial charge in [-0.15, -0.1) is 0 Å². The Labute approximate surface area is 72.7 Å². The zero-order chi connectivity index (χ0) is 8.43. The predicted octanol–water partition coefficient (Wildman–Crippen LogP) is 1.50. The molecular weight excluding hydrogens is 160 g/mol. The molecule has 3 heteroatoms. The van der Waals surface area contributed by atoms with Crippen molar-refractivity contribution >= 4 is 18.6 Å². The standard InChI is InChI=1S/C8H14O2S/c1-5(11)7(6-3-4-6)8(9)10-2/h5-7,11H,3-4H2,1-2H3. The zero-order valence-electron chi connectivity index (χ0n) is 6.91. The van der Waals surface area contributed by atoms with Crippen LogP contribution in [0, 0.1) is 11.8 Å². The van der Waals surface area contributed by atoms with Crippen LogP contribution in [0.1, 0.15) is 19.8 Å². The molecule has 0 aromatic carbocycles. The summed E-state index contributed by atoms with van der Waals surface area (Å²) in [6.07, 6.45) is 2.31. The highest BCUT2D eigenvalue weighted by Crippen LogP contribution is 2.40. The molecule has 11 heavy (non-hydrogen) atoms. The second-order valence-electron chi connectivity index (χ2n) is 3.13. The molecule has 2 nitrogen and oxygen atoms in total. The Morgan fingerprint density at radius 1 is 1.64 bits per heavy atom. The number of hydrogen-bond acceptors (Lipinski definition) is 3. The minimum Gasteiger partial charge on any atom is -0.469 e. The molecule has 0 aliphatic heterocycles. The molecule has 0 heterocycles. The summed E-state index contributed by atoms with van der Waals surface area (Å²) in [6.45, 7) is 1.95. The van der Waals surface area contributed by atoms with Gasteiger partial charge in [-0.25, -0.2) is 0 Å². The van der Waals surface area contributed by atoms with Crippen molar-refractivity contribution in [1.82, 2.24) is 0 Å². The molecule has 1 aliphatic rings. The lowest BCUT2D eigenvalue weighted by Crippen LogP contribution is -2.25. The summed E-state index contributed by atoms with van der Waals surface area (Å²) in [6, 6.07) is 0. The maximum Gasteiger partial charge on any atom is 0.310 e. The van der Waals surface area contributed by atoms with E-state index in [-0.39, 0.29) is 17.1 Å². The average Bonchev–Trinajstić information content (AvgIpc) is 2.71. The number of esters is 1. The van der Waals surface area contributed by atoms with E-state index in [4.69, 9.17) is 0 Å². The first-order chi connectivity index (χ1) is 5.16. The molecule has 0 amide bonds. The van der Waals surface area contributed by atoms with Crippen molar-refractivity contribution in [3.8, 4) is 0 Å². The van der Waals surface area contributed by atoms with Crippen LogP contribution in [-0.4, -0.2) is 18.3 Å². The molecular formula is C8H14O2S. The second-order valence-corrected chi connectivity index (χ2v) is 3.94. The molecule has 0 aromatic heterocycles. The third-order valence-corrected chi connectivity index (χ3v) is 2.44.